The number of hydrogen-bond donors (Lipinski definition) is 0. The zero-order valence-electron chi connectivity index (χ0n) is 23.4. The third-order valence-electron chi connectivity index (χ3n) is 7.61. The molecule has 1 amide bonds. The zero-order valence-corrected chi connectivity index (χ0v) is 25.0. The predicted molar refractivity (Wildman–Crippen MR) is 153 cm³/mol. The van der Waals surface area contributed by atoms with Crippen LogP contribution in [0.2, 0.25) is 0 Å². The molecule has 1 unspecified atom stereocenters. The van der Waals surface area contributed by atoms with Gasteiger partial charge in [0.25, 0.3) is 11.5 Å². The lowest BCUT2D eigenvalue weighted by atomic mass is 9.98. The number of fused-ring (bicyclic) bond motifs is 2. The average Bonchev–Trinajstić information content (AvgIpc) is 3.47. The largest absolute Gasteiger partial charge is 0.417 e. The quantitative estimate of drug-likeness (QED) is 0.242. The van der Waals surface area contributed by atoms with Gasteiger partial charge in [0.2, 0.25) is 5.95 Å². The summed E-state index contributed by atoms with van der Waals surface area (Å²) >= 11 is 2.90. The first-order chi connectivity index (χ1) is 20.2. The van der Waals surface area contributed by atoms with E-state index in [0.717, 1.165) is 10.6 Å². The number of alkyl halides is 3. The van der Waals surface area contributed by atoms with Crippen LogP contribution in [-0.2, 0) is 26.2 Å². The van der Waals surface area contributed by atoms with Gasteiger partial charge >= 0.3 is 6.18 Å². The Morgan fingerprint density at radius 3 is 2.53 bits per heavy atom. The molecule has 6 rings (SSSR count). The van der Waals surface area contributed by atoms with Crippen molar-refractivity contribution in [3.05, 3.63) is 97.1 Å². The maximum absolute atomic E-state index is 15.7. The minimum absolute atomic E-state index is 0.00785. The Morgan fingerprint density at radius 1 is 1.12 bits per heavy atom. The van der Waals surface area contributed by atoms with Crippen LogP contribution in [0, 0.1) is 19.7 Å². The molecule has 0 saturated carbocycles. The molecule has 5 aromatic rings. The van der Waals surface area contributed by atoms with E-state index in [0.29, 0.717) is 22.4 Å². The van der Waals surface area contributed by atoms with Crippen molar-refractivity contribution in [2.75, 3.05) is 0 Å². The molecule has 0 fully saturated rings. The third-order valence-corrected chi connectivity index (χ3v) is 8.30. The Kier molecular flexibility index (Phi) is 6.79. The molecular weight excluding hydrogens is 634 g/mol. The molecule has 222 valence electrons. The molecule has 0 aliphatic carbocycles. The molecule has 4 heterocycles. The summed E-state index contributed by atoms with van der Waals surface area (Å²) in [6, 6.07) is 7.28. The highest BCUT2D eigenvalue weighted by Gasteiger charge is 2.36. The molecule has 1 aliphatic heterocycles. The average molecular weight is 658 g/mol. The van der Waals surface area contributed by atoms with E-state index in [-0.39, 0.29) is 45.9 Å². The molecule has 2 aromatic carbocycles. The summed E-state index contributed by atoms with van der Waals surface area (Å²) in [5, 5.41) is 4.47. The Bertz CT molecular complexity index is 2010. The highest BCUT2D eigenvalue weighted by atomic mass is 79.9. The molecule has 0 N–H and O–H groups in total. The van der Waals surface area contributed by atoms with Crippen LogP contribution in [0.15, 0.2) is 52.0 Å². The van der Waals surface area contributed by atoms with Crippen molar-refractivity contribution in [1.29, 1.82) is 0 Å². The van der Waals surface area contributed by atoms with Gasteiger partial charge in [0.15, 0.2) is 0 Å². The Hall–Kier alpha value is -4.33. The topological polar surface area (TPSA) is 90.8 Å². The van der Waals surface area contributed by atoms with E-state index in [1.807, 2.05) is 0 Å². The molecule has 14 heteroatoms. The van der Waals surface area contributed by atoms with Gasteiger partial charge in [0, 0.05) is 40.4 Å². The number of carbonyl (C=O) groups is 1. The van der Waals surface area contributed by atoms with E-state index in [9.17, 15) is 22.8 Å². The van der Waals surface area contributed by atoms with Crippen LogP contribution in [0.4, 0.5) is 17.6 Å². The molecule has 1 aliphatic rings. The van der Waals surface area contributed by atoms with Crippen LogP contribution < -0.4 is 5.56 Å². The van der Waals surface area contributed by atoms with E-state index >= 15 is 4.39 Å². The summed E-state index contributed by atoms with van der Waals surface area (Å²) in [7, 11) is 1.73. The van der Waals surface area contributed by atoms with Crippen LogP contribution in [-0.4, -0.2) is 45.7 Å². The first-order valence-electron chi connectivity index (χ1n) is 13.2. The fourth-order valence-electron chi connectivity index (χ4n) is 5.46. The molecule has 43 heavy (non-hydrogen) atoms. The summed E-state index contributed by atoms with van der Waals surface area (Å²) in [6.07, 6.45) is -3.06. The first-order valence-corrected chi connectivity index (χ1v) is 14.0. The molecule has 1 atom stereocenters. The number of aryl methyl sites for hydroxylation is 3. The van der Waals surface area contributed by atoms with Crippen molar-refractivity contribution in [2.45, 2.75) is 46.0 Å². The van der Waals surface area contributed by atoms with Crippen LogP contribution >= 0.6 is 15.9 Å². The van der Waals surface area contributed by atoms with Gasteiger partial charge in [-0.05, 0) is 57.5 Å². The van der Waals surface area contributed by atoms with Crippen molar-refractivity contribution < 1.29 is 22.4 Å². The van der Waals surface area contributed by atoms with Crippen LogP contribution in [0.3, 0.4) is 0 Å². The van der Waals surface area contributed by atoms with Crippen molar-refractivity contribution in [1.82, 2.24) is 33.8 Å². The second kappa shape index (κ2) is 10.1. The smallest absolute Gasteiger partial charge is 0.334 e. The lowest BCUT2D eigenvalue weighted by molar-refractivity contribution is -0.138. The molecule has 0 radical (unpaired) electrons. The number of nitrogens with zero attached hydrogens (tertiary/aromatic N) is 7. The number of hydrogen-bond acceptors (Lipinski definition) is 5. The Labute approximate surface area is 250 Å². The molecule has 0 bridgehead atoms. The highest BCUT2D eigenvalue weighted by molar-refractivity contribution is 9.10. The zero-order chi connectivity index (χ0) is 31.0. The van der Waals surface area contributed by atoms with Gasteiger partial charge in [-0.1, -0.05) is 15.9 Å². The van der Waals surface area contributed by atoms with Crippen LogP contribution in [0.25, 0.3) is 22.7 Å². The van der Waals surface area contributed by atoms with Gasteiger partial charge in [0.1, 0.15) is 5.82 Å². The van der Waals surface area contributed by atoms with Gasteiger partial charge < -0.3 is 9.47 Å². The van der Waals surface area contributed by atoms with Crippen molar-refractivity contribution in [2.24, 2.45) is 7.05 Å². The van der Waals surface area contributed by atoms with Crippen LogP contribution in [0.1, 0.15) is 45.5 Å². The normalized spacial score (nSPS) is 15.3. The fraction of sp³-hybridized carbons (Fsp3) is 0.276. The summed E-state index contributed by atoms with van der Waals surface area (Å²) in [5.41, 5.74) is 1.09. The first kappa shape index (κ1) is 28.8. The molecule has 0 saturated heterocycles. The number of amides is 1. The van der Waals surface area contributed by atoms with Crippen molar-refractivity contribution in [3.8, 4) is 11.6 Å². The highest BCUT2D eigenvalue weighted by Crippen LogP contribution is 2.36. The number of aromatic nitrogens is 6. The second-order valence-electron chi connectivity index (χ2n) is 10.6. The number of halogens is 5. The lowest BCUT2D eigenvalue weighted by Gasteiger charge is -2.34. The number of rotatable bonds is 3. The summed E-state index contributed by atoms with van der Waals surface area (Å²) < 4.78 is 60.4. The van der Waals surface area contributed by atoms with E-state index < -0.39 is 35.1 Å². The lowest BCUT2D eigenvalue weighted by Crippen LogP contribution is -2.46. The van der Waals surface area contributed by atoms with Gasteiger partial charge in [0.05, 0.1) is 46.5 Å². The number of carbonyl (C=O) groups excluding carboxylic acids is 1. The molecule has 3 aromatic heterocycles. The molecule has 9 nitrogen and oxygen atoms in total. The second-order valence-corrected chi connectivity index (χ2v) is 11.5. The van der Waals surface area contributed by atoms with Crippen molar-refractivity contribution >= 4 is 32.9 Å². The predicted octanol–water partition coefficient (Wildman–Crippen LogP) is 5.43. The monoisotopic (exact) mass is 657 g/mol. The number of benzene rings is 2. The van der Waals surface area contributed by atoms with E-state index in [4.69, 9.17) is 4.98 Å². The third kappa shape index (κ3) is 4.82. The van der Waals surface area contributed by atoms with Gasteiger partial charge in [-0.2, -0.15) is 18.3 Å². The van der Waals surface area contributed by atoms with E-state index in [1.54, 1.807) is 44.8 Å². The standard InChI is InChI=1S/C29H24BrF4N7O2/c1-14-7-16(3)41(37-14)28-36-23-12-39(26(42)17-5-6-20(30)19(9-17)29(32,33)34)15(2)8-18(23)27(43)40(28)24-11-22-25(10-21(24)31)38(4)13-35-22/h5-7,9-11,13,15H,8,12H2,1-4H3. The van der Waals surface area contributed by atoms with E-state index in [2.05, 4.69) is 26.0 Å². The van der Waals surface area contributed by atoms with Gasteiger partial charge in [-0.3, -0.25) is 9.59 Å². The maximum atomic E-state index is 15.7. The fourth-order valence-corrected chi connectivity index (χ4v) is 5.93. The Morgan fingerprint density at radius 2 is 1.86 bits per heavy atom. The Balaban J connectivity index is 1.51. The summed E-state index contributed by atoms with van der Waals surface area (Å²) in [5.74, 6) is -1.30. The summed E-state index contributed by atoms with van der Waals surface area (Å²) in [6.45, 7) is 5.08. The number of imidazole rings is 1. The van der Waals surface area contributed by atoms with Crippen molar-refractivity contribution in [3.63, 3.8) is 0 Å². The summed E-state index contributed by atoms with van der Waals surface area (Å²) in [4.78, 5) is 38.1. The molecular formula is C29H24BrF4N7O2. The SMILES string of the molecule is Cc1cc(C)n(-c2nc3c(c(=O)n2-c2cc4ncn(C)c4cc2F)CC(C)N(C(=O)c2ccc(Br)c(C(F)(F)F)c2)C3)n1. The minimum Gasteiger partial charge on any atom is -0.334 e. The van der Waals surface area contributed by atoms with E-state index in [1.165, 1.54) is 33.8 Å². The van der Waals surface area contributed by atoms with Gasteiger partial charge in [-0.15, -0.1) is 0 Å². The molecule has 0 spiro atoms. The van der Waals surface area contributed by atoms with Gasteiger partial charge in [-0.25, -0.2) is 23.6 Å². The maximum Gasteiger partial charge on any atom is 0.417 e. The minimum atomic E-state index is -4.66. The van der Waals surface area contributed by atoms with Crippen LogP contribution in [0.5, 0.6) is 0 Å².